The van der Waals surface area contributed by atoms with Crippen LogP contribution in [-0.4, -0.2) is 49.2 Å². The summed E-state index contributed by atoms with van der Waals surface area (Å²) in [7, 11) is 1.89. The molecule has 0 atom stereocenters. The smallest absolute Gasteiger partial charge is 0.224 e. The maximum atomic E-state index is 11.9. The Morgan fingerprint density at radius 1 is 1.35 bits per heavy atom. The monoisotopic (exact) mass is 319 g/mol. The number of benzene rings is 1. The lowest BCUT2D eigenvalue weighted by Gasteiger charge is -2.31. The third-order valence-electron chi connectivity index (χ3n) is 4.41. The number of carbonyl (C=O) groups excluding carboxylic acids is 1. The summed E-state index contributed by atoms with van der Waals surface area (Å²) in [4.78, 5) is 14.3. The van der Waals surface area contributed by atoms with Crippen LogP contribution in [0.1, 0.15) is 31.2 Å². The molecule has 128 valence electrons. The fourth-order valence-electron chi connectivity index (χ4n) is 2.98. The second-order valence-electron chi connectivity index (χ2n) is 6.36. The van der Waals surface area contributed by atoms with Gasteiger partial charge in [0.1, 0.15) is 0 Å². The predicted molar refractivity (Wildman–Crippen MR) is 93.3 cm³/mol. The SMILES string of the molecule is CNCCCC(=O)Nc1cccc(CN2CCC(CO)CC2)c1. The van der Waals surface area contributed by atoms with Crippen LogP contribution in [0.5, 0.6) is 0 Å². The molecule has 1 aliphatic rings. The van der Waals surface area contributed by atoms with Gasteiger partial charge in [-0.15, -0.1) is 0 Å². The largest absolute Gasteiger partial charge is 0.396 e. The van der Waals surface area contributed by atoms with Crippen LogP contribution in [0.4, 0.5) is 5.69 Å². The van der Waals surface area contributed by atoms with Crippen molar-refractivity contribution in [3.8, 4) is 0 Å². The summed E-state index contributed by atoms with van der Waals surface area (Å²) < 4.78 is 0. The van der Waals surface area contributed by atoms with Crippen molar-refractivity contribution >= 4 is 11.6 Å². The minimum absolute atomic E-state index is 0.0705. The zero-order valence-corrected chi connectivity index (χ0v) is 14.1. The summed E-state index contributed by atoms with van der Waals surface area (Å²) in [5, 5.41) is 15.2. The van der Waals surface area contributed by atoms with E-state index in [2.05, 4.69) is 27.7 Å². The second kappa shape index (κ2) is 9.65. The van der Waals surface area contributed by atoms with Crippen molar-refractivity contribution in [1.29, 1.82) is 0 Å². The molecular weight excluding hydrogens is 290 g/mol. The van der Waals surface area contributed by atoms with Gasteiger partial charge in [-0.3, -0.25) is 9.69 Å². The van der Waals surface area contributed by atoms with Crippen LogP contribution in [0.2, 0.25) is 0 Å². The fourth-order valence-corrected chi connectivity index (χ4v) is 2.98. The van der Waals surface area contributed by atoms with E-state index in [1.807, 2.05) is 19.2 Å². The van der Waals surface area contributed by atoms with E-state index in [1.54, 1.807) is 0 Å². The Morgan fingerprint density at radius 3 is 2.83 bits per heavy atom. The van der Waals surface area contributed by atoms with Crippen molar-refractivity contribution in [2.24, 2.45) is 5.92 Å². The zero-order chi connectivity index (χ0) is 16.5. The lowest BCUT2D eigenvalue weighted by Crippen LogP contribution is -2.34. The Bertz CT molecular complexity index is 485. The highest BCUT2D eigenvalue weighted by atomic mass is 16.3. The van der Waals surface area contributed by atoms with Crippen molar-refractivity contribution in [3.05, 3.63) is 29.8 Å². The number of anilines is 1. The predicted octanol–water partition coefficient (Wildman–Crippen LogP) is 1.83. The van der Waals surface area contributed by atoms with E-state index in [0.717, 1.165) is 51.1 Å². The molecule has 1 aromatic carbocycles. The van der Waals surface area contributed by atoms with Crippen LogP contribution in [0.25, 0.3) is 0 Å². The van der Waals surface area contributed by atoms with Crippen LogP contribution in [0.3, 0.4) is 0 Å². The first kappa shape index (κ1) is 17.9. The van der Waals surface area contributed by atoms with Crippen molar-refractivity contribution in [2.45, 2.75) is 32.2 Å². The number of carbonyl (C=O) groups is 1. The average Bonchev–Trinajstić information content (AvgIpc) is 2.56. The highest BCUT2D eigenvalue weighted by Gasteiger charge is 2.18. The molecule has 1 fully saturated rings. The van der Waals surface area contributed by atoms with Crippen molar-refractivity contribution in [2.75, 3.05) is 38.6 Å². The molecule has 0 aliphatic carbocycles. The normalized spacial score (nSPS) is 16.4. The summed E-state index contributed by atoms with van der Waals surface area (Å²) in [6, 6.07) is 8.11. The van der Waals surface area contributed by atoms with E-state index in [9.17, 15) is 9.90 Å². The van der Waals surface area contributed by atoms with Gasteiger partial charge in [0.25, 0.3) is 0 Å². The van der Waals surface area contributed by atoms with E-state index < -0.39 is 0 Å². The number of aliphatic hydroxyl groups excluding tert-OH is 1. The molecule has 1 saturated heterocycles. The van der Waals surface area contributed by atoms with Crippen LogP contribution >= 0.6 is 0 Å². The van der Waals surface area contributed by atoms with E-state index in [0.29, 0.717) is 18.9 Å². The Balaban J connectivity index is 1.81. The maximum Gasteiger partial charge on any atom is 0.224 e. The molecule has 0 bridgehead atoms. The van der Waals surface area contributed by atoms with Gasteiger partial charge >= 0.3 is 0 Å². The third kappa shape index (κ3) is 6.29. The van der Waals surface area contributed by atoms with Gasteiger partial charge < -0.3 is 15.7 Å². The van der Waals surface area contributed by atoms with E-state index >= 15 is 0 Å². The summed E-state index contributed by atoms with van der Waals surface area (Å²) >= 11 is 0. The molecule has 23 heavy (non-hydrogen) atoms. The van der Waals surface area contributed by atoms with E-state index in [1.165, 1.54) is 5.56 Å². The number of piperidine rings is 1. The summed E-state index contributed by atoms with van der Waals surface area (Å²) in [5.41, 5.74) is 2.10. The molecule has 5 nitrogen and oxygen atoms in total. The standard InChI is InChI=1S/C18H29N3O2/c1-19-9-3-6-18(23)20-17-5-2-4-16(12-17)13-21-10-7-15(14-22)8-11-21/h2,4-5,12,15,19,22H,3,6-11,13-14H2,1H3,(H,20,23). The maximum absolute atomic E-state index is 11.9. The minimum Gasteiger partial charge on any atom is -0.396 e. The number of hydrogen-bond donors (Lipinski definition) is 3. The Hall–Kier alpha value is -1.43. The number of likely N-dealkylation sites (tertiary alicyclic amines) is 1. The zero-order valence-electron chi connectivity index (χ0n) is 14.1. The van der Waals surface area contributed by atoms with E-state index in [4.69, 9.17) is 0 Å². The Morgan fingerprint density at radius 2 is 2.13 bits per heavy atom. The van der Waals surface area contributed by atoms with Gasteiger partial charge in [-0.1, -0.05) is 12.1 Å². The van der Waals surface area contributed by atoms with Gasteiger partial charge in [0, 0.05) is 25.3 Å². The number of nitrogens with one attached hydrogen (secondary N) is 2. The van der Waals surface area contributed by atoms with Crippen LogP contribution in [-0.2, 0) is 11.3 Å². The summed E-state index contributed by atoms with van der Waals surface area (Å²) in [5.74, 6) is 0.538. The minimum atomic E-state index is 0.0705. The molecule has 2 rings (SSSR count). The van der Waals surface area contributed by atoms with Crippen molar-refractivity contribution < 1.29 is 9.90 Å². The van der Waals surface area contributed by atoms with Gasteiger partial charge in [-0.05, 0) is 69.6 Å². The molecule has 1 aromatic rings. The average molecular weight is 319 g/mol. The first-order chi connectivity index (χ1) is 11.2. The third-order valence-corrected chi connectivity index (χ3v) is 4.41. The molecule has 1 aliphatic heterocycles. The molecule has 1 heterocycles. The summed E-state index contributed by atoms with van der Waals surface area (Å²) in [6.07, 6.45) is 3.53. The highest BCUT2D eigenvalue weighted by Crippen LogP contribution is 2.19. The molecular formula is C18H29N3O2. The van der Waals surface area contributed by atoms with E-state index in [-0.39, 0.29) is 5.91 Å². The van der Waals surface area contributed by atoms with Crippen LogP contribution in [0, 0.1) is 5.92 Å². The van der Waals surface area contributed by atoms with Gasteiger partial charge in [0.05, 0.1) is 0 Å². The van der Waals surface area contributed by atoms with Crippen LogP contribution in [0.15, 0.2) is 24.3 Å². The molecule has 0 saturated carbocycles. The van der Waals surface area contributed by atoms with Crippen molar-refractivity contribution in [1.82, 2.24) is 10.2 Å². The van der Waals surface area contributed by atoms with Gasteiger partial charge in [0.2, 0.25) is 5.91 Å². The molecule has 1 amide bonds. The molecule has 3 N–H and O–H groups in total. The summed E-state index contributed by atoms with van der Waals surface area (Å²) in [6.45, 7) is 4.14. The fraction of sp³-hybridized carbons (Fsp3) is 0.611. The first-order valence-electron chi connectivity index (χ1n) is 8.58. The molecule has 0 radical (unpaired) electrons. The second-order valence-corrected chi connectivity index (χ2v) is 6.36. The van der Waals surface area contributed by atoms with Gasteiger partial charge in [0.15, 0.2) is 0 Å². The molecule has 0 aromatic heterocycles. The molecule has 0 unspecified atom stereocenters. The number of hydrogen-bond acceptors (Lipinski definition) is 4. The highest BCUT2D eigenvalue weighted by molar-refractivity contribution is 5.90. The lowest BCUT2D eigenvalue weighted by atomic mass is 9.97. The Labute approximate surface area is 139 Å². The number of rotatable bonds is 8. The van der Waals surface area contributed by atoms with Gasteiger partial charge in [-0.25, -0.2) is 0 Å². The Kier molecular flexibility index (Phi) is 7.52. The van der Waals surface area contributed by atoms with Crippen molar-refractivity contribution in [3.63, 3.8) is 0 Å². The molecule has 0 spiro atoms. The number of nitrogens with zero attached hydrogens (tertiary/aromatic N) is 1. The quantitative estimate of drug-likeness (QED) is 0.640. The lowest BCUT2D eigenvalue weighted by molar-refractivity contribution is -0.116. The number of amides is 1. The number of aliphatic hydroxyl groups is 1. The van der Waals surface area contributed by atoms with Crippen LogP contribution < -0.4 is 10.6 Å². The van der Waals surface area contributed by atoms with Gasteiger partial charge in [-0.2, -0.15) is 0 Å². The molecule has 5 heteroatoms. The first-order valence-corrected chi connectivity index (χ1v) is 8.58. The topological polar surface area (TPSA) is 64.6 Å².